The average molecular weight is 355 g/mol. The highest BCUT2D eigenvalue weighted by molar-refractivity contribution is 8.00. The van der Waals surface area contributed by atoms with E-state index in [1.54, 1.807) is 0 Å². The first-order chi connectivity index (χ1) is 10.8. The molecule has 2 fully saturated rings. The largest absolute Gasteiger partial charge is 0.330 e. The summed E-state index contributed by atoms with van der Waals surface area (Å²) in [5.41, 5.74) is 6.79. The number of rotatable bonds is 5. The number of carbonyl (C=O) groups excluding carboxylic acids is 1. The van der Waals surface area contributed by atoms with Crippen molar-refractivity contribution in [3.05, 3.63) is 24.3 Å². The lowest BCUT2D eigenvalue weighted by Crippen LogP contribution is -2.29. The topological polar surface area (TPSA) is 55.1 Å². The van der Waals surface area contributed by atoms with Gasteiger partial charge in [-0.15, -0.1) is 24.2 Å². The summed E-state index contributed by atoms with van der Waals surface area (Å²) in [6, 6.07) is 8.23. The Hall–Kier alpha value is -0.710. The molecule has 0 saturated heterocycles. The van der Waals surface area contributed by atoms with Crippen LogP contribution in [0.4, 0.5) is 5.69 Å². The van der Waals surface area contributed by atoms with Crippen LogP contribution in [0.5, 0.6) is 0 Å². The molecule has 1 aromatic carbocycles. The molecule has 3 nitrogen and oxygen atoms in total. The monoisotopic (exact) mass is 354 g/mol. The number of hydrogen-bond donors (Lipinski definition) is 2. The van der Waals surface area contributed by atoms with Gasteiger partial charge in [0.05, 0.1) is 5.69 Å². The zero-order valence-corrected chi connectivity index (χ0v) is 15.1. The Morgan fingerprint density at radius 3 is 2.61 bits per heavy atom. The Morgan fingerprint density at radius 1 is 1.13 bits per heavy atom. The van der Waals surface area contributed by atoms with E-state index in [0.717, 1.165) is 24.9 Å². The molecule has 0 radical (unpaired) electrons. The summed E-state index contributed by atoms with van der Waals surface area (Å²) in [4.78, 5) is 13.8. The van der Waals surface area contributed by atoms with Gasteiger partial charge >= 0.3 is 0 Å². The Balaban J connectivity index is 0.00000192. The third-order valence-corrected chi connectivity index (χ3v) is 6.45. The van der Waals surface area contributed by atoms with Crippen molar-refractivity contribution in [2.75, 3.05) is 11.9 Å². The van der Waals surface area contributed by atoms with Crippen LogP contribution in [-0.4, -0.2) is 17.7 Å². The Bertz CT molecular complexity index is 519. The van der Waals surface area contributed by atoms with Gasteiger partial charge in [0, 0.05) is 16.1 Å². The lowest BCUT2D eigenvalue weighted by molar-refractivity contribution is -0.120. The number of para-hydroxylation sites is 1. The minimum Gasteiger partial charge on any atom is -0.330 e. The standard InChI is InChI=1S/C18H26N2OS.ClH/c19-12-13-6-5-9-15(13)18(21)20-16-10-3-4-11-17(16)22-14-7-1-2-8-14;/h3-4,10-11,13-15H,1-2,5-9,12,19H2,(H,20,21);1H/t13-,15-;/m1./s1. The lowest BCUT2D eigenvalue weighted by atomic mass is 9.95. The van der Waals surface area contributed by atoms with Gasteiger partial charge < -0.3 is 11.1 Å². The molecule has 0 heterocycles. The third-order valence-electron chi connectivity index (χ3n) is 5.04. The molecule has 2 aliphatic rings. The molecule has 2 aliphatic carbocycles. The van der Waals surface area contributed by atoms with Crippen LogP contribution in [0.2, 0.25) is 0 Å². The molecular formula is C18H27ClN2OS. The number of halogens is 1. The molecule has 0 spiro atoms. The molecule has 0 aromatic heterocycles. The molecule has 3 rings (SSSR count). The van der Waals surface area contributed by atoms with Crippen molar-refractivity contribution in [3.63, 3.8) is 0 Å². The number of anilines is 1. The van der Waals surface area contributed by atoms with Crippen LogP contribution in [0.1, 0.15) is 44.9 Å². The molecular weight excluding hydrogens is 328 g/mol. The Morgan fingerprint density at radius 2 is 1.87 bits per heavy atom. The van der Waals surface area contributed by atoms with Crippen LogP contribution in [-0.2, 0) is 4.79 Å². The molecule has 2 saturated carbocycles. The van der Waals surface area contributed by atoms with Gasteiger partial charge in [0.15, 0.2) is 0 Å². The molecule has 0 unspecified atom stereocenters. The van der Waals surface area contributed by atoms with Crippen LogP contribution < -0.4 is 11.1 Å². The fourth-order valence-electron chi connectivity index (χ4n) is 3.75. The van der Waals surface area contributed by atoms with Crippen molar-refractivity contribution >= 4 is 35.8 Å². The molecule has 5 heteroatoms. The predicted molar refractivity (Wildman–Crippen MR) is 100 cm³/mol. The van der Waals surface area contributed by atoms with Crippen LogP contribution in [0, 0.1) is 11.8 Å². The van der Waals surface area contributed by atoms with E-state index in [0.29, 0.717) is 17.7 Å². The first-order valence-electron chi connectivity index (χ1n) is 8.54. The second-order valence-corrected chi connectivity index (χ2v) is 7.89. The van der Waals surface area contributed by atoms with E-state index in [9.17, 15) is 4.79 Å². The number of nitrogens with one attached hydrogen (secondary N) is 1. The SMILES string of the molecule is Cl.NC[C@H]1CCC[C@H]1C(=O)Nc1ccccc1SC1CCCC1. The third kappa shape index (κ3) is 4.65. The van der Waals surface area contributed by atoms with E-state index in [2.05, 4.69) is 17.4 Å². The summed E-state index contributed by atoms with van der Waals surface area (Å²) in [6.45, 7) is 0.622. The van der Waals surface area contributed by atoms with E-state index in [1.807, 2.05) is 23.9 Å². The normalized spacial score (nSPS) is 24.4. The molecule has 128 valence electrons. The smallest absolute Gasteiger partial charge is 0.227 e. The maximum Gasteiger partial charge on any atom is 0.227 e. The number of thioether (sulfide) groups is 1. The van der Waals surface area contributed by atoms with Gasteiger partial charge in [-0.1, -0.05) is 31.4 Å². The van der Waals surface area contributed by atoms with Gasteiger partial charge in [-0.2, -0.15) is 0 Å². The van der Waals surface area contributed by atoms with Crippen molar-refractivity contribution < 1.29 is 4.79 Å². The minimum atomic E-state index is 0. The first-order valence-corrected chi connectivity index (χ1v) is 9.42. The molecule has 0 aliphatic heterocycles. The average Bonchev–Trinajstić information content (AvgIpc) is 3.20. The number of amides is 1. The highest BCUT2D eigenvalue weighted by Gasteiger charge is 2.32. The summed E-state index contributed by atoms with van der Waals surface area (Å²) in [7, 11) is 0. The maximum absolute atomic E-state index is 12.6. The second kappa shape index (κ2) is 8.95. The fraction of sp³-hybridized carbons (Fsp3) is 0.611. The predicted octanol–water partition coefficient (Wildman–Crippen LogP) is 4.46. The zero-order chi connectivity index (χ0) is 15.4. The van der Waals surface area contributed by atoms with Gasteiger partial charge in [0.2, 0.25) is 5.91 Å². The van der Waals surface area contributed by atoms with Crippen LogP contribution in [0.15, 0.2) is 29.2 Å². The van der Waals surface area contributed by atoms with Crippen molar-refractivity contribution in [1.82, 2.24) is 0 Å². The quantitative estimate of drug-likeness (QED) is 0.820. The summed E-state index contributed by atoms with van der Waals surface area (Å²) in [5, 5.41) is 3.88. The highest BCUT2D eigenvalue weighted by Crippen LogP contribution is 2.39. The maximum atomic E-state index is 12.6. The van der Waals surface area contributed by atoms with Crippen LogP contribution in [0.3, 0.4) is 0 Å². The second-order valence-electron chi connectivity index (χ2n) is 6.54. The summed E-state index contributed by atoms with van der Waals surface area (Å²) >= 11 is 1.93. The Labute approximate surface area is 149 Å². The van der Waals surface area contributed by atoms with Crippen molar-refractivity contribution in [3.8, 4) is 0 Å². The highest BCUT2D eigenvalue weighted by atomic mass is 35.5. The number of hydrogen-bond acceptors (Lipinski definition) is 3. The number of nitrogens with two attached hydrogens (primary N) is 1. The van der Waals surface area contributed by atoms with E-state index < -0.39 is 0 Å². The summed E-state index contributed by atoms with van der Waals surface area (Å²) < 4.78 is 0. The molecule has 1 aromatic rings. The summed E-state index contributed by atoms with van der Waals surface area (Å²) in [6.07, 6.45) is 8.46. The van der Waals surface area contributed by atoms with E-state index >= 15 is 0 Å². The lowest BCUT2D eigenvalue weighted by Gasteiger charge is -2.19. The molecule has 0 bridgehead atoms. The molecule has 23 heavy (non-hydrogen) atoms. The zero-order valence-electron chi connectivity index (χ0n) is 13.5. The van der Waals surface area contributed by atoms with Crippen molar-refractivity contribution in [2.24, 2.45) is 17.6 Å². The van der Waals surface area contributed by atoms with E-state index in [4.69, 9.17) is 5.73 Å². The van der Waals surface area contributed by atoms with Gasteiger partial charge in [0.25, 0.3) is 0 Å². The van der Waals surface area contributed by atoms with Gasteiger partial charge in [-0.05, 0) is 50.3 Å². The van der Waals surface area contributed by atoms with Gasteiger partial charge in [0.1, 0.15) is 0 Å². The van der Waals surface area contributed by atoms with Gasteiger partial charge in [-0.3, -0.25) is 4.79 Å². The first kappa shape index (κ1) is 18.6. The van der Waals surface area contributed by atoms with Gasteiger partial charge in [-0.25, -0.2) is 0 Å². The molecule has 1 amide bonds. The van der Waals surface area contributed by atoms with Crippen LogP contribution >= 0.6 is 24.2 Å². The minimum absolute atomic E-state index is 0. The van der Waals surface area contributed by atoms with Crippen molar-refractivity contribution in [2.45, 2.75) is 55.1 Å². The Kier molecular flexibility index (Phi) is 7.25. The number of benzene rings is 1. The summed E-state index contributed by atoms with van der Waals surface area (Å²) in [5.74, 6) is 0.608. The van der Waals surface area contributed by atoms with E-state index in [1.165, 1.54) is 30.6 Å². The number of carbonyl (C=O) groups is 1. The van der Waals surface area contributed by atoms with Crippen LogP contribution in [0.25, 0.3) is 0 Å². The fourth-order valence-corrected chi connectivity index (χ4v) is 5.08. The molecule has 2 atom stereocenters. The molecule has 3 N–H and O–H groups in total. The van der Waals surface area contributed by atoms with Crippen molar-refractivity contribution in [1.29, 1.82) is 0 Å². The van der Waals surface area contributed by atoms with E-state index in [-0.39, 0.29) is 24.2 Å².